The number of benzene rings is 2. The summed E-state index contributed by atoms with van der Waals surface area (Å²) in [5.41, 5.74) is 1.98. The second-order valence-corrected chi connectivity index (χ2v) is 6.60. The number of rotatable bonds is 5. The molecule has 4 nitrogen and oxygen atoms in total. The van der Waals surface area contributed by atoms with Crippen LogP contribution in [0.5, 0.6) is 0 Å². The maximum absolute atomic E-state index is 12.9. The second-order valence-electron chi connectivity index (χ2n) is 6.60. The highest BCUT2D eigenvalue weighted by atomic mass is 16.4. The molecule has 0 heterocycles. The van der Waals surface area contributed by atoms with E-state index in [1.165, 1.54) is 0 Å². The number of aliphatic carboxylic acids is 1. The molecule has 0 aromatic heterocycles. The fourth-order valence-corrected chi connectivity index (χ4v) is 3.64. The van der Waals surface area contributed by atoms with Gasteiger partial charge in [0.05, 0.1) is 17.9 Å². The Morgan fingerprint density at radius 3 is 1.80 bits per heavy atom. The zero-order valence-corrected chi connectivity index (χ0v) is 14.1. The smallest absolute Gasteiger partial charge is 0.307 e. The minimum Gasteiger partial charge on any atom is -0.481 e. The fraction of sp³-hybridized carbons (Fsp3) is 0.333. The third kappa shape index (κ3) is 4.08. The van der Waals surface area contributed by atoms with E-state index in [1.807, 2.05) is 60.7 Å². The van der Waals surface area contributed by atoms with Gasteiger partial charge in [-0.2, -0.15) is 0 Å². The van der Waals surface area contributed by atoms with Crippen LogP contribution in [0.15, 0.2) is 60.7 Å². The van der Waals surface area contributed by atoms with Gasteiger partial charge < -0.3 is 10.4 Å². The average molecular weight is 337 g/mol. The highest BCUT2D eigenvalue weighted by Crippen LogP contribution is 2.32. The molecule has 25 heavy (non-hydrogen) atoms. The van der Waals surface area contributed by atoms with Gasteiger partial charge in [0, 0.05) is 0 Å². The number of carboxylic acids is 1. The highest BCUT2D eigenvalue weighted by molar-refractivity contribution is 5.85. The fourth-order valence-electron chi connectivity index (χ4n) is 3.64. The van der Waals surface area contributed by atoms with E-state index >= 15 is 0 Å². The summed E-state index contributed by atoms with van der Waals surface area (Å²) in [4.78, 5) is 24.4. The first kappa shape index (κ1) is 17.2. The first-order valence-electron chi connectivity index (χ1n) is 8.80. The van der Waals surface area contributed by atoms with Gasteiger partial charge in [0.15, 0.2) is 0 Å². The molecule has 2 aromatic rings. The Balaban J connectivity index is 1.85. The number of carbonyl (C=O) groups excluding carboxylic acids is 1. The van der Waals surface area contributed by atoms with Gasteiger partial charge in [-0.15, -0.1) is 0 Å². The summed E-state index contributed by atoms with van der Waals surface area (Å²) in [5.74, 6) is -2.07. The molecule has 130 valence electrons. The van der Waals surface area contributed by atoms with Crippen molar-refractivity contribution in [2.45, 2.75) is 31.7 Å². The van der Waals surface area contributed by atoms with Crippen LogP contribution in [0.2, 0.25) is 0 Å². The zero-order valence-electron chi connectivity index (χ0n) is 14.1. The lowest BCUT2D eigenvalue weighted by atomic mass is 9.78. The first-order valence-corrected chi connectivity index (χ1v) is 8.80. The van der Waals surface area contributed by atoms with Crippen LogP contribution in [-0.4, -0.2) is 17.0 Å². The van der Waals surface area contributed by atoms with Crippen molar-refractivity contribution in [3.63, 3.8) is 0 Å². The van der Waals surface area contributed by atoms with Gasteiger partial charge in [-0.1, -0.05) is 73.5 Å². The molecule has 2 aromatic carbocycles. The Morgan fingerprint density at radius 2 is 1.32 bits per heavy atom. The molecular weight excluding hydrogens is 314 g/mol. The molecule has 0 radical (unpaired) electrons. The predicted molar refractivity (Wildman–Crippen MR) is 96.0 cm³/mol. The van der Waals surface area contributed by atoms with E-state index in [0.29, 0.717) is 12.8 Å². The third-order valence-corrected chi connectivity index (χ3v) is 4.97. The van der Waals surface area contributed by atoms with Crippen LogP contribution in [-0.2, 0) is 9.59 Å². The summed E-state index contributed by atoms with van der Waals surface area (Å²) in [7, 11) is 0. The normalized spacial score (nSPS) is 20.2. The van der Waals surface area contributed by atoms with Gasteiger partial charge in [-0.05, 0) is 24.0 Å². The van der Waals surface area contributed by atoms with Crippen molar-refractivity contribution in [2.75, 3.05) is 0 Å². The van der Waals surface area contributed by atoms with Crippen molar-refractivity contribution in [3.05, 3.63) is 71.8 Å². The Hall–Kier alpha value is -2.62. The van der Waals surface area contributed by atoms with E-state index in [1.54, 1.807) is 0 Å². The number of carbonyl (C=O) groups is 2. The van der Waals surface area contributed by atoms with Crippen molar-refractivity contribution in [2.24, 2.45) is 11.8 Å². The molecule has 0 unspecified atom stereocenters. The maximum atomic E-state index is 12.9. The van der Waals surface area contributed by atoms with Gasteiger partial charge >= 0.3 is 5.97 Å². The van der Waals surface area contributed by atoms with Gasteiger partial charge in [-0.3, -0.25) is 9.59 Å². The van der Waals surface area contributed by atoms with Gasteiger partial charge in [0.1, 0.15) is 0 Å². The number of amides is 1. The van der Waals surface area contributed by atoms with E-state index in [9.17, 15) is 14.7 Å². The molecule has 2 atom stereocenters. The topological polar surface area (TPSA) is 66.4 Å². The largest absolute Gasteiger partial charge is 0.481 e. The molecule has 1 fully saturated rings. The molecule has 0 saturated heterocycles. The zero-order chi connectivity index (χ0) is 17.6. The Bertz CT molecular complexity index is 675. The summed E-state index contributed by atoms with van der Waals surface area (Å²) in [6.07, 6.45) is 3.00. The van der Waals surface area contributed by atoms with E-state index in [4.69, 9.17) is 0 Å². The molecule has 0 bridgehead atoms. The molecule has 4 heteroatoms. The SMILES string of the molecule is O=C(O)[C@H]1CCCC[C@@H]1C(=O)NC(c1ccccc1)c1ccccc1. The Kier molecular flexibility index (Phi) is 5.49. The summed E-state index contributed by atoms with van der Waals surface area (Å²) >= 11 is 0. The molecular formula is C21H23NO3. The minimum absolute atomic E-state index is 0.162. The van der Waals surface area contributed by atoms with E-state index in [0.717, 1.165) is 24.0 Å². The lowest BCUT2D eigenvalue weighted by Gasteiger charge is -2.29. The monoisotopic (exact) mass is 337 g/mol. The van der Waals surface area contributed by atoms with Gasteiger partial charge in [-0.25, -0.2) is 0 Å². The first-order chi connectivity index (χ1) is 12.2. The summed E-state index contributed by atoms with van der Waals surface area (Å²) in [6, 6.07) is 19.3. The van der Waals surface area contributed by atoms with E-state index < -0.39 is 17.8 Å². The average Bonchev–Trinajstić information content (AvgIpc) is 2.67. The number of hydrogen-bond acceptors (Lipinski definition) is 2. The minimum atomic E-state index is -0.865. The molecule has 1 aliphatic rings. The lowest BCUT2D eigenvalue weighted by molar-refractivity contribution is -0.149. The number of nitrogens with one attached hydrogen (secondary N) is 1. The van der Waals surface area contributed by atoms with Crippen LogP contribution < -0.4 is 5.32 Å². The van der Waals surface area contributed by atoms with Crippen LogP contribution in [0.3, 0.4) is 0 Å². The third-order valence-electron chi connectivity index (χ3n) is 4.97. The van der Waals surface area contributed by atoms with Crippen LogP contribution in [0.1, 0.15) is 42.9 Å². The molecule has 1 aliphatic carbocycles. The highest BCUT2D eigenvalue weighted by Gasteiger charge is 2.36. The number of hydrogen-bond donors (Lipinski definition) is 2. The molecule has 0 aliphatic heterocycles. The van der Waals surface area contributed by atoms with Gasteiger partial charge in [0.2, 0.25) is 5.91 Å². The van der Waals surface area contributed by atoms with Crippen LogP contribution >= 0.6 is 0 Å². The van der Waals surface area contributed by atoms with Crippen molar-refractivity contribution < 1.29 is 14.7 Å². The van der Waals surface area contributed by atoms with E-state index in [-0.39, 0.29) is 11.9 Å². The molecule has 3 rings (SSSR count). The van der Waals surface area contributed by atoms with Crippen LogP contribution in [0, 0.1) is 11.8 Å². The molecule has 1 amide bonds. The second kappa shape index (κ2) is 7.97. The summed E-state index contributed by atoms with van der Waals surface area (Å²) in [5, 5.41) is 12.5. The molecule has 0 spiro atoms. The predicted octanol–water partition coefficient (Wildman–Crippen LogP) is 3.78. The van der Waals surface area contributed by atoms with Crippen LogP contribution in [0.4, 0.5) is 0 Å². The van der Waals surface area contributed by atoms with Crippen molar-refractivity contribution in [1.82, 2.24) is 5.32 Å². The number of carboxylic acid groups (broad SMARTS) is 1. The van der Waals surface area contributed by atoms with Crippen molar-refractivity contribution >= 4 is 11.9 Å². The molecule has 2 N–H and O–H groups in total. The van der Waals surface area contributed by atoms with Gasteiger partial charge in [0.25, 0.3) is 0 Å². The Morgan fingerprint density at radius 1 is 0.840 bits per heavy atom. The maximum Gasteiger partial charge on any atom is 0.307 e. The summed E-state index contributed by atoms with van der Waals surface area (Å²) in [6.45, 7) is 0. The summed E-state index contributed by atoms with van der Waals surface area (Å²) < 4.78 is 0. The van der Waals surface area contributed by atoms with Crippen molar-refractivity contribution in [1.29, 1.82) is 0 Å². The standard InChI is InChI=1S/C21H23NO3/c23-20(17-13-7-8-14-18(17)21(24)25)22-19(15-9-3-1-4-10-15)16-11-5-2-6-12-16/h1-6,9-12,17-19H,7-8,13-14H2,(H,22,23)(H,24,25)/t17-,18-/m0/s1. The lowest BCUT2D eigenvalue weighted by Crippen LogP contribution is -2.41. The van der Waals surface area contributed by atoms with Crippen LogP contribution in [0.25, 0.3) is 0 Å². The quantitative estimate of drug-likeness (QED) is 0.872. The molecule has 1 saturated carbocycles. The Labute approximate surface area is 147 Å². The van der Waals surface area contributed by atoms with E-state index in [2.05, 4.69) is 5.32 Å². The van der Waals surface area contributed by atoms with Crippen molar-refractivity contribution in [3.8, 4) is 0 Å².